The van der Waals surface area contributed by atoms with E-state index in [4.69, 9.17) is 26.4 Å². The van der Waals surface area contributed by atoms with Crippen molar-refractivity contribution in [1.82, 2.24) is 16.2 Å². The van der Waals surface area contributed by atoms with Gasteiger partial charge in [0.15, 0.2) is 11.7 Å². The summed E-state index contributed by atoms with van der Waals surface area (Å²) in [4.78, 5) is 36.0. The van der Waals surface area contributed by atoms with Gasteiger partial charge in [0.1, 0.15) is 11.5 Å². The Balaban J connectivity index is 1.73. The highest BCUT2D eigenvalue weighted by molar-refractivity contribution is 7.80. The lowest BCUT2D eigenvalue weighted by Crippen LogP contribution is -2.49. The molecule has 2 amide bonds. The van der Waals surface area contributed by atoms with Crippen molar-refractivity contribution in [3.63, 3.8) is 0 Å². The fourth-order valence-corrected chi connectivity index (χ4v) is 2.57. The Hall–Kier alpha value is -3.66. The van der Waals surface area contributed by atoms with Crippen LogP contribution in [0.1, 0.15) is 47.4 Å². The maximum absolute atomic E-state index is 12.3. The normalized spacial score (nSPS) is 10.0. The summed E-state index contributed by atoms with van der Waals surface area (Å²) >= 11 is 5.02. The molecule has 0 aromatic heterocycles. The second-order valence-corrected chi connectivity index (χ2v) is 7.19. The Bertz CT molecular complexity index is 965. The Kier molecular flexibility index (Phi) is 10.6. The van der Waals surface area contributed by atoms with E-state index in [0.29, 0.717) is 35.8 Å². The minimum Gasteiger partial charge on any atom is -0.494 e. The third kappa shape index (κ3) is 9.16. The van der Waals surface area contributed by atoms with Crippen LogP contribution in [-0.4, -0.2) is 42.7 Å². The molecule has 0 atom stereocenters. The zero-order valence-electron chi connectivity index (χ0n) is 18.5. The molecule has 0 spiro atoms. The lowest BCUT2D eigenvalue weighted by molar-refractivity contribution is -0.123. The lowest BCUT2D eigenvalue weighted by Gasteiger charge is -2.12. The van der Waals surface area contributed by atoms with Gasteiger partial charge < -0.3 is 14.2 Å². The van der Waals surface area contributed by atoms with Crippen LogP contribution in [0.4, 0.5) is 0 Å². The molecule has 2 rings (SSSR count). The van der Waals surface area contributed by atoms with E-state index in [0.717, 1.165) is 12.8 Å². The van der Waals surface area contributed by atoms with Crippen molar-refractivity contribution in [1.29, 1.82) is 0 Å². The van der Waals surface area contributed by atoms with E-state index >= 15 is 0 Å². The molecule has 0 unspecified atom stereocenters. The van der Waals surface area contributed by atoms with E-state index in [-0.39, 0.29) is 11.7 Å². The van der Waals surface area contributed by atoms with Crippen LogP contribution in [0.25, 0.3) is 0 Å². The molecule has 33 heavy (non-hydrogen) atoms. The molecule has 0 aliphatic carbocycles. The molecule has 0 aliphatic rings. The minimum atomic E-state index is -0.520. The number of nitrogens with one attached hydrogen (secondary N) is 3. The summed E-state index contributed by atoms with van der Waals surface area (Å²) in [5, 5.41) is 2.39. The molecular weight excluding hydrogens is 446 g/mol. The van der Waals surface area contributed by atoms with Crippen LogP contribution in [0.2, 0.25) is 0 Å². The van der Waals surface area contributed by atoms with E-state index in [2.05, 4.69) is 16.2 Å². The third-order valence-corrected chi connectivity index (χ3v) is 4.21. The summed E-state index contributed by atoms with van der Waals surface area (Å²) in [6.45, 7) is 4.50. The van der Waals surface area contributed by atoms with Crippen LogP contribution in [0.15, 0.2) is 48.5 Å². The van der Waals surface area contributed by atoms with Crippen LogP contribution in [0.5, 0.6) is 11.5 Å². The summed E-state index contributed by atoms with van der Waals surface area (Å²) in [6, 6.07) is 12.9. The molecule has 2 aromatic rings. The molecule has 3 N–H and O–H groups in total. The highest BCUT2D eigenvalue weighted by Crippen LogP contribution is 2.14. The van der Waals surface area contributed by atoms with Gasteiger partial charge in [-0.2, -0.15) is 0 Å². The number of rotatable bonds is 10. The van der Waals surface area contributed by atoms with Gasteiger partial charge in [-0.15, -0.1) is 0 Å². The number of ether oxygens (including phenoxy) is 3. The third-order valence-electron chi connectivity index (χ3n) is 4.01. The summed E-state index contributed by atoms with van der Waals surface area (Å²) < 4.78 is 15.9. The molecule has 0 bridgehead atoms. The summed E-state index contributed by atoms with van der Waals surface area (Å²) in [7, 11) is 0. The van der Waals surface area contributed by atoms with Crippen molar-refractivity contribution in [2.24, 2.45) is 0 Å². The van der Waals surface area contributed by atoms with E-state index in [9.17, 15) is 14.4 Å². The molecule has 0 saturated carbocycles. The van der Waals surface area contributed by atoms with E-state index < -0.39 is 17.8 Å². The van der Waals surface area contributed by atoms with Crippen molar-refractivity contribution in [2.75, 3.05) is 19.8 Å². The van der Waals surface area contributed by atoms with Gasteiger partial charge in [0, 0.05) is 5.56 Å². The van der Waals surface area contributed by atoms with Gasteiger partial charge in [0.2, 0.25) is 0 Å². The average molecular weight is 474 g/mol. The van der Waals surface area contributed by atoms with Crippen LogP contribution >= 0.6 is 12.2 Å². The second kappa shape index (κ2) is 13.7. The SMILES string of the molecule is CCCOC(=O)c1ccc(OCC(=O)NNC(=S)NC(=O)c2cccc(OCCC)c2)cc1. The summed E-state index contributed by atoms with van der Waals surface area (Å²) in [5.41, 5.74) is 5.53. The highest BCUT2D eigenvalue weighted by Gasteiger charge is 2.11. The number of carbonyl (C=O) groups excluding carboxylic acids is 3. The predicted molar refractivity (Wildman–Crippen MR) is 126 cm³/mol. The number of esters is 1. The maximum Gasteiger partial charge on any atom is 0.338 e. The number of benzene rings is 2. The Morgan fingerprint density at radius 1 is 0.848 bits per heavy atom. The Labute approximate surface area is 197 Å². The number of hydrogen-bond donors (Lipinski definition) is 3. The van der Waals surface area contributed by atoms with Gasteiger partial charge in [0.05, 0.1) is 18.8 Å². The zero-order valence-corrected chi connectivity index (χ0v) is 19.3. The molecule has 10 heteroatoms. The molecule has 0 heterocycles. The van der Waals surface area contributed by atoms with Gasteiger partial charge in [-0.1, -0.05) is 19.9 Å². The van der Waals surface area contributed by atoms with Crippen molar-refractivity contribution < 1.29 is 28.6 Å². The zero-order chi connectivity index (χ0) is 24.1. The number of hydrogen-bond acceptors (Lipinski definition) is 7. The molecule has 176 valence electrons. The average Bonchev–Trinajstić information content (AvgIpc) is 2.83. The number of hydrazine groups is 1. The van der Waals surface area contributed by atoms with Crippen LogP contribution in [0.3, 0.4) is 0 Å². The molecule has 0 radical (unpaired) electrons. The van der Waals surface area contributed by atoms with Gasteiger partial charge in [-0.3, -0.25) is 25.8 Å². The molecule has 0 aliphatic heterocycles. The monoisotopic (exact) mass is 473 g/mol. The first kappa shape index (κ1) is 25.6. The molecular formula is C23H27N3O6S. The first-order chi connectivity index (χ1) is 15.9. The van der Waals surface area contributed by atoms with E-state index in [1.165, 1.54) is 0 Å². The summed E-state index contributed by atoms with van der Waals surface area (Å²) in [5.74, 6) is -0.399. The van der Waals surface area contributed by atoms with Gasteiger partial charge in [-0.05, 0) is 67.5 Å². The van der Waals surface area contributed by atoms with Crippen molar-refractivity contribution >= 4 is 35.1 Å². The van der Waals surface area contributed by atoms with E-state index in [1.54, 1.807) is 48.5 Å². The van der Waals surface area contributed by atoms with Crippen LogP contribution in [-0.2, 0) is 9.53 Å². The first-order valence-electron chi connectivity index (χ1n) is 10.5. The van der Waals surface area contributed by atoms with Crippen LogP contribution in [0, 0.1) is 0 Å². The van der Waals surface area contributed by atoms with Gasteiger partial charge in [0.25, 0.3) is 11.8 Å². The van der Waals surface area contributed by atoms with Gasteiger partial charge in [-0.25, -0.2) is 4.79 Å². The fraction of sp³-hybridized carbons (Fsp3) is 0.304. The number of amides is 2. The smallest absolute Gasteiger partial charge is 0.338 e. The molecule has 9 nitrogen and oxygen atoms in total. The topological polar surface area (TPSA) is 115 Å². The number of carbonyl (C=O) groups is 3. The van der Waals surface area contributed by atoms with Crippen molar-refractivity contribution in [3.05, 3.63) is 59.7 Å². The predicted octanol–water partition coefficient (Wildman–Crippen LogP) is 2.76. The fourth-order valence-electron chi connectivity index (χ4n) is 2.43. The van der Waals surface area contributed by atoms with Crippen LogP contribution < -0.4 is 25.6 Å². The van der Waals surface area contributed by atoms with Crippen molar-refractivity contribution in [3.8, 4) is 11.5 Å². The lowest BCUT2D eigenvalue weighted by atomic mass is 10.2. The minimum absolute atomic E-state index is 0.0804. The van der Waals surface area contributed by atoms with Crippen molar-refractivity contribution in [2.45, 2.75) is 26.7 Å². The molecule has 2 aromatic carbocycles. The van der Waals surface area contributed by atoms with Gasteiger partial charge >= 0.3 is 5.97 Å². The standard InChI is InChI=1S/C23H27N3O6S/c1-3-12-30-19-7-5-6-17(14-19)21(28)24-23(33)26-25-20(27)15-32-18-10-8-16(9-11-18)22(29)31-13-4-2/h5-11,14H,3-4,12-13,15H2,1-2H3,(H,25,27)(H2,24,26,28,33). The largest absolute Gasteiger partial charge is 0.494 e. The van der Waals surface area contributed by atoms with E-state index in [1.807, 2.05) is 13.8 Å². The highest BCUT2D eigenvalue weighted by atomic mass is 32.1. The second-order valence-electron chi connectivity index (χ2n) is 6.78. The maximum atomic E-state index is 12.3. The summed E-state index contributed by atoms with van der Waals surface area (Å²) in [6.07, 6.45) is 1.59. The Morgan fingerprint density at radius 3 is 2.27 bits per heavy atom. The Morgan fingerprint density at radius 2 is 1.58 bits per heavy atom. The quantitative estimate of drug-likeness (QED) is 0.274. The molecule has 0 fully saturated rings. The number of thiocarbonyl (C=S) groups is 1. The first-order valence-corrected chi connectivity index (χ1v) is 10.9. The molecule has 0 saturated heterocycles.